The Hall–Kier alpha value is -2.36. The van der Waals surface area contributed by atoms with Gasteiger partial charge >= 0.3 is 0 Å². The lowest BCUT2D eigenvalue weighted by Gasteiger charge is -2.23. The van der Waals surface area contributed by atoms with Crippen LogP contribution in [0.25, 0.3) is 22.4 Å². The molecule has 3 nitrogen and oxygen atoms in total. The first-order valence-electron chi connectivity index (χ1n) is 10.4. The predicted octanol–water partition coefficient (Wildman–Crippen LogP) is 6.64. The van der Waals surface area contributed by atoms with Crippen LogP contribution in [0.1, 0.15) is 36.2 Å². The maximum atomic E-state index is 13.0. The highest BCUT2D eigenvalue weighted by molar-refractivity contribution is 6.31. The molecule has 2 bridgehead atoms. The van der Waals surface area contributed by atoms with Crippen molar-refractivity contribution in [2.75, 3.05) is 0 Å². The van der Waals surface area contributed by atoms with Crippen LogP contribution in [-0.2, 0) is 0 Å². The fourth-order valence-corrected chi connectivity index (χ4v) is 5.19. The summed E-state index contributed by atoms with van der Waals surface area (Å²) in [6.07, 6.45) is 4.90. The van der Waals surface area contributed by atoms with Gasteiger partial charge in [0.15, 0.2) is 0 Å². The Morgan fingerprint density at radius 2 is 1.50 bits per heavy atom. The fourth-order valence-electron chi connectivity index (χ4n) is 4.94. The second-order valence-corrected chi connectivity index (χ2v) is 9.23. The average molecular weight is 437 g/mol. The van der Waals surface area contributed by atoms with Crippen LogP contribution in [0, 0.1) is 11.8 Å². The highest BCUT2D eigenvalue weighted by atomic mass is 35.5. The molecule has 0 spiro atoms. The van der Waals surface area contributed by atoms with Crippen molar-refractivity contribution in [2.45, 2.75) is 31.7 Å². The SMILES string of the molecule is O=C(NC1CC2CCC1C2)c1ccc(-c2ccc(Cl)cc2)c(-c2ccc(Cl)cc2)n1. The molecule has 2 aromatic carbocycles. The molecule has 2 aliphatic rings. The van der Waals surface area contributed by atoms with E-state index >= 15 is 0 Å². The number of nitrogens with one attached hydrogen (secondary N) is 1. The molecule has 3 atom stereocenters. The van der Waals surface area contributed by atoms with Crippen LogP contribution in [-0.4, -0.2) is 16.9 Å². The summed E-state index contributed by atoms with van der Waals surface area (Å²) in [5, 5.41) is 4.59. The Morgan fingerprint density at radius 3 is 2.10 bits per heavy atom. The summed E-state index contributed by atoms with van der Waals surface area (Å²) in [4.78, 5) is 17.8. The van der Waals surface area contributed by atoms with Gasteiger partial charge in [-0.1, -0.05) is 53.9 Å². The topological polar surface area (TPSA) is 42.0 Å². The zero-order valence-corrected chi connectivity index (χ0v) is 18.0. The number of benzene rings is 2. The maximum Gasteiger partial charge on any atom is 0.270 e. The summed E-state index contributed by atoms with van der Waals surface area (Å²) in [7, 11) is 0. The highest BCUT2D eigenvalue weighted by Gasteiger charge is 2.40. The molecule has 3 aromatic rings. The van der Waals surface area contributed by atoms with Gasteiger partial charge in [0.25, 0.3) is 5.91 Å². The summed E-state index contributed by atoms with van der Waals surface area (Å²) < 4.78 is 0. The minimum absolute atomic E-state index is 0.0922. The molecule has 0 radical (unpaired) electrons. The van der Waals surface area contributed by atoms with Crippen LogP contribution in [0.3, 0.4) is 0 Å². The number of carbonyl (C=O) groups is 1. The zero-order chi connectivity index (χ0) is 20.7. The van der Waals surface area contributed by atoms with E-state index in [1.165, 1.54) is 19.3 Å². The number of nitrogens with zero attached hydrogens (tertiary/aromatic N) is 1. The van der Waals surface area contributed by atoms with E-state index in [1.807, 2.05) is 60.7 Å². The second kappa shape index (κ2) is 8.05. The molecular weight excluding hydrogens is 415 g/mol. The van der Waals surface area contributed by atoms with Crippen molar-refractivity contribution in [1.29, 1.82) is 0 Å². The van der Waals surface area contributed by atoms with Gasteiger partial charge in [0.1, 0.15) is 5.69 Å². The number of amides is 1. The Morgan fingerprint density at radius 1 is 0.833 bits per heavy atom. The summed E-state index contributed by atoms with van der Waals surface area (Å²) >= 11 is 12.1. The van der Waals surface area contributed by atoms with Crippen molar-refractivity contribution >= 4 is 29.1 Å². The van der Waals surface area contributed by atoms with Crippen LogP contribution in [0.5, 0.6) is 0 Å². The van der Waals surface area contributed by atoms with Crippen molar-refractivity contribution in [3.05, 3.63) is 76.4 Å². The lowest BCUT2D eigenvalue weighted by molar-refractivity contribution is 0.0918. The molecule has 2 fully saturated rings. The standard InChI is InChI=1S/C25H22Cl2N2O/c26-19-7-3-16(4-8-19)21-11-12-22(28-24(21)17-5-9-20(27)10-6-17)25(30)29-23-14-15-1-2-18(23)13-15/h3-12,15,18,23H,1-2,13-14H2,(H,29,30). The van der Waals surface area contributed by atoms with E-state index in [9.17, 15) is 4.79 Å². The van der Waals surface area contributed by atoms with Gasteiger partial charge in [-0.05, 0) is 73.1 Å². The summed E-state index contributed by atoms with van der Waals surface area (Å²) in [6.45, 7) is 0. The van der Waals surface area contributed by atoms with Crippen molar-refractivity contribution in [3.63, 3.8) is 0 Å². The van der Waals surface area contributed by atoms with Crippen LogP contribution < -0.4 is 5.32 Å². The van der Waals surface area contributed by atoms with Crippen molar-refractivity contribution in [2.24, 2.45) is 11.8 Å². The molecule has 5 heteroatoms. The van der Waals surface area contributed by atoms with E-state index in [0.29, 0.717) is 21.7 Å². The molecule has 1 aromatic heterocycles. The molecule has 152 valence electrons. The molecule has 30 heavy (non-hydrogen) atoms. The number of rotatable bonds is 4. The van der Waals surface area contributed by atoms with E-state index in [-0.39, 0.29) is 11.9 Å². The molecule has 3 unspecified atom stereocenters. The van der Waals surface area contributed by atoms with Gasteiger partial charge in [-0.3, -0.25) is 4.79 Å². The summed E-state index contributed by atoms with van der Waals surface area (Å²) in [5.41, 5.74) is 4.07. The molecule has 0 aliphatic heterocycles. The van der Waals surface area contributed by atoms with Gasteiger partial charge in [-0.25, -0.2) is 4.98 Å². The number of carbonyl (C=O) groups excluding carboxylic acids is 1. The first-order valence-corrected chi connectivity index (χ1v) is 11.2. The third kappa shape index (κ3) is 3.84. The van der Waals surface area contributed by atoms with E-state index in [4.69, 9.17) is 28.2 Å². The van der Waals surface area contributed by atoms with Crippen LogP contribution in [0.2, 0.25) is 10.0 Å². The fraction of sp³-hybridized carbons (Fsp3) is 0.280. The van der Waals surface area contributed by atoms with Gasteiger partial charge in [0.2, 0.25) is 0 Å². The molecular formula is C25H22Cl2N2O. The number of hydrogen-bond acceptors (Lipinski definition) is 2. The molecule has 1 amide bonds. The average Bonchev–Trinajstić information content (AvgIpc) is 3.38. The van der Waals surface area contributed by atoms with Gasteiger partial charge in [0, 0.05) is 27.2 Å². The number of halogens is 2. The monoisotopic (exact) mass is 436 g/mol. The number of pyridine rings is 1. The summed E-state index contributed by atoms with van der Waals surface area (Å²) in [5.74, 6) is 1.32. The Balaban J connectivity index is 1.50. The minimum atomic E-state index is -0.0922. The normalized spacial score (nSPS) is 22.3. The van der Waals surface area contributed by atoms with Crippen molar-refractivity contribution in [1.82, 2.24) is 10.3 Å². The number of aromatic nitrogens is 1. The van der Waals surface area contributed by atoms with Crippen LogP contribution in [0.15, 0.2) is 60.7 Å². The third-order valence-corrected chi connectivity index (χ3v) is 6.96. The lowest BCUT2D eigenvalue weighted by Crippen LogP contribution is -2.38. The van der Waals surface area contributed by atoms with Gasteiger partial charge in [0.05, 0.1) is 5.69 Å². The quantitative estimate of drug-likeness (QED) is 0.497. The Kier molecular flexibility index (Phi) is 5.26. The van der Waals surface area contributed by atoms with Crippen molar-refractivity contribution < 1.29 is 4.79 Å². The van der Waals surface area contributed by atoms with Crippen LogP contribution >= 0.6 is 23.2 Å². The van der Waals surface area contributed by atoms with Gasteiger partial charge < -0.3 is 5.32 Å². The molecule has 1 N–H and O–H groups in total. The van der Waals surface area contributed by atoms with E-state index in [0.717, 1.165) is 34.7 Å². The van der Waals surface area contributed by atoms with E-state index < -0.39 is 0 Å². The minimum Gasteiger partial charge on any atom is -0.348 e. The van der Waals surface area contributed by atoms with E-state index in [2.05, 4.69) is 5.32 Å². The lowest BCUT2D eigenvalue weighted by atomic mass is 9.95. The highest BCUT2D eigenvalue weighted by Crippen LogP contribution is 2.44. The zero-order valence-electron chi connectivity index (χ0n) is 16.4. The van der Waals surface area contributed by atoms with Crippen LogP contribution in [0.4, 0.5) is 0 Å². The molecule has 1 heterocycles. The number of hydrogen-bond donors (Lipinski definition) is 1. The number of fused-ring (bicyclic) bond motifs is 2. The molecule has 5 rings (SSSR count). The first-order chi connectivity index (χ1) is 14.6. The smallest absolute Gasteiger partial charge is 0.270 e. The molecule has 2 aliphatic carbocycles. The van der Waals surface area contributed by atoms with Gasteiger partial charge in [-0.15, -0.1) is 0 Å². The third-order valence-electron chi connectivity index (χ3n) is 6.46. The molecule has 0 saturated heterocycles. The Labute approximate surface area is 186 Å². The summed E-state index contributed by atoms with van der Waals surface area (Å²) in [6, 6.07) is 19.3. The second-order valence-electron chi connectivity index (χ2n) is 8.36. The van der Waals surface area contributed by atoms with Crippen molar-refractivity contribution in [3.8, 4) is 22.4 Å². The molecule has 2 saturated carbocycles. The largest absolute Gasteiger partial charge is 0.348 e. The first kappa shape index (κ1) is 19.6. The predicted molar refractivity (Wildman–Crippen MR) is 122 cm³/mol. The van der Waals surface area contributed by atoms with E-state index in [1.54, 1.807) is 0 Å². The van der Waals surface area contributed by atoms with Gasteiger partial charge in [-0.2, -0.15) is 0 Å². The maximum absolute atomic E-state index is 13.0. The Bertz CT molecular complexity index is 1080.